The molecule has 1 aromatic heterocycles. The Morgan fingerprint density at radius 2 is 2.55 bits per heavy atom. The van der Waals surface area contributed by atoms with Gasteiger partial charge in [-0.3, -0.25) is 0 Å². The summed E-state index contributed by atoms with van der Waals surface area (Å²) < 4.78 is 5.13. The maximum Gasteiger partial charge on any atom is 0.151 e. The van der Waals surface area contributed by atoms with E-state index in [-0.39, 0.29) is 0 Å². The fraction of sp³-hybridized carbons (Fsp3) is 0.375. The lowest BCUT2D eigenvalue weighted by Crippen LogP contribution is -1.96. The summed E-state index contributed by atoms with van der Waals surface area (Å²) >= 11 is 0. The minimum absolute atomic E-state index is 0.773. The van der Waals surface area contributed by atoms with Crippen LogP contribution in [0.5, 0.6) is 0 Å². The highest BCUT2D eigenvalue weighted by Crippen LogP contribution is 2.05. The molecule has 0 radical (unpaired) electrons. The van der Waals surface area contributed by atoms with Crippen LogP contribution >= 0.6 is 0 Å². The van der Waals surface area contributed by atoms with Crippen molar-refractivity contribution in [2.45, 2.75) is 13.3 Å². The Morgan fingerprint density at radius 1 is 1.73 bits per heavy atom. The Kier molecular flexibility index (Phi) is 2.72. The second-order valence-corrected chi connectivity index (χ2v) is 2.05. The van der Waals surface area contributed by atoms with E-state index in [1.807, 2.05) is 19.1 Å². The first-order valence-corrected chi connectivity index (χ1v) is 3.52. The van der Waals surface area contributed by atoms with Crippen molar-refractivity contribution in [2.75, 3.05) is 7.11 Å². The standard InChI is InChI=1S/C8H11NO2/c1-3-7(9-10-2)8-5-4-6-11-8/h4-6H,3H2,1-2H3/b9-7+. The number of nitrogens with zero attached hydrogens (tertiary/aromatic N) is 1. The number of hydrogen-bond acceptors (Lipinski definition) is 3. The molecule has 1 rings (SSSR count). The average molecular weight is 153 g/mol. The summed E-state index contributed by atoms with van der Waals surface area (Å²) in [4.78, 5) is 4.65. The molecule has 0 N–H and O–H groups in total. The predicted molar refractivity (Wildman–Crippen MR) is 42.5 cm³/mol. The lowest BCUT2D eigenvalue weighted by atomic mass is 10.2. The van der Waals surface area contributed by atoms with E-state index in [4.69, 9.17) is 4.42 Å². The van der Waals surface area contributed by atoms with Gasteiger partial charge in [0.25, 0.3) is 0 Å². The lowest BCUT2D eigenvalue weighted by Gasteiger charge is -1.96. The molecule has 0 unspecified atom stereocenters. The van der Waals surface area contributed by atoms with E-state index in [9.17, 15) is 0 Å². The fourth-order valence-corrected chi connectivity index (χ4v) is 0.837. The molecule has 0 bridgehead atoms. The van der Waals surface area contributed by atoms with Gasteiger partial charge < -0.3 is 9.25 Å². The Labute approximate surface area is 65.6 Å². The SMILES string of the molecule is CC/C(=N\OC)c1ccco1. The Balaban J connectivity index is 2.79. The monoisotopic (exact) mass is 153 g/mol. The minimum atomic E-state index is 0.773. The molecular weight excluding hydrogens is 142 g/mol. The number of hydrogen-bond donors (Lipinski definition) is 0. The summed E-state index contributed by atoms with van der Waals surface area (Å²) in [6, 6.07) is 3.69. The van der Waals surface area contributed by atoms with Crippen LogP contribution in [-0.4, -0.2) is 12.8 Å². The molecule has 0 aliphatic rings. The zero-order chi connectivity index (χ0) is 8.10. The summed E-state index contributed by atoms with van der Waals surface area (Å²) in [6.07, 6.45) is 2.43. The van der Waals surface area contributed by atoms with Crippen molar-refractivity contribution in [3.8, 4) is 0 Å². The largest absolute Gasteiger partial charge is 0.463 e. The van der Waals surface area contributed by atoms with Gasteiger partial charge in [0.1, 0.15) is 12.8 Å². The van der Waals surface area contributed by atoms with E-state index in [0.717, 1.165) is 17.9 Å². The van der Waals surface area contributed by atoms with Crippen molar-refractivity contribution in [2.24, 2.45) is 5.16 Å². The molecule has 60 valence electrons. The van der Waals surface area contributed by atoms with Gasteiger partial charge in [-0.15, -0.1) is 0 Å². The van der Waals surface area contributed by atoms with Gasteiger partial charge in [-0.25, -0.2) is 0 Å². The van der Waals surface area contributed by atoms with Gasteiger partial charge in [-0.2, -0.15) is 0 Å². The first kappa shape index (κ1) is 7.85. The second kappa shape index (κ2) is 3.81. The number of rotatable bonds is 3. The van der Waals surface area contributed by atoms with Crippen molar-refractivity contribution >= 4 is 5.71 Å². The number of oxime groups is 1. The van der Waals surface area contributed by atoms with Crippen LogP contribution in [0.15, 0.2) is 28.0 Å². The molecule has 0 aliphatic heterocycles. The van der Waals surface area contributed by atoms with Gasteiger partial charge in [-0.1, -0.05) is 12.1 Å². The van der Waals surface area contributed by atoms with Crippen molar-refractivity contribution in [1.82, 2.24) is 0 Å². The van der Waals surface area contributed by atoms with Gasteiger partial charge in [0.05, 0.1) is 6.26 Å². The van der Waals surface area contributed by atoms with E-state index >= 15 is 0 Å². The Bertz CT molecular complexity index is 226. The molecule has 0 aromatic carbocycles. The van der Waals surface area contributed by atoms with E-state index in [1.165, 1.54) is 7.11 Å². The first-order valence-electron chi connectivity index (χ1n) is 3.52. The summed E-state index contributed by atoms with van der Waals surface area (Å²) in [7, 11) is 1.53. The Hall–Kier alpha value is -1.25. The summed E-state index contributed by atoms with van der Waals surface area (Å²) in [5.74, 6) is 0.773. The zero-order valence-electron chi connectivity index (χ0n) is 6.70. The molecule has 1 aromatic rings. The maximum atomic E-state index is 5.13. The maximum absolute atomic E-state index is 5.13. The van der Waals surface area contributed by atoms with E-state index in [0.29, 0.717) is 0 Å². The van der Waals surface area contributed by atoms with Gasteiger partial charge in [0.15, 0.2) is 5.76 Å². The van der Waals surface area contributed by atoms with Gasteiger partial charge in [0, 0.05) is 0 Å². The van der Waals surface area contributed by atoms with Gasteiger partial charge >= 0.3 is 0 Å². The van der Waals surface area contributed by atoms with Crippen molar-refractivity contribution in [1.29, 1.82) is 0 Å². The number of furan rings is 1. The molecule has 1 heterocycles. The van der Waals surface area contributed by atoms with Crippen LogP contribution in [0.4, 0.5) is 0 Å². The molecule has 0 spiro atoms. The highest BCUT2D eigenvalue weighted by molar-refractivity contribution is 5.97. The van der Waals surface area contributed by atoms with Crippen LogP contribution < -0.4 is 0 Å². The molecular formula is C8H11NO2. The zero-order valence-corrected chi connectivity index (χ0v) is 6.70. The molecule has 11 heavy (non-hydrogen) atoms. The minimum Gasteiger partial charge on any atom is -0.463 e. The highest BCUT2D eigenvalue weighted by Gasteiger charge is 2.03. The molecule has 0 aliphatic carbocycles. The van der Waals surface area contributed by atoms with Crippen LogP contribution in [0, 0.1) is 0 Å². The van der Waals surface area contributed by atoms with E-state index in [2.05, 4.69) is 9.99 Å². The fourth-order valence-electron chi connectivity index (χ4n) is 0.837. The third kappa shape index (κ3) is 1.83. The molecule has 0 saturated carbocycles. The molecule has 0 fully saturated rings. The normalized spacial score (nSPS) is 11.6. The third-order valence-corrected chi connectivity index (χ3v) is 1.34. The van der Waals surface area contributed by atoms with Crippen molar-refractivity contribution in [3.05, 3.63) is 24.2 Å². The molecule has 3 nitrogen and oxygen atoms in total. The average Bonchev–Trinajstić information content (AvgIpc) is 2.52. The van der Waals surface area contributed by atoms with Crippen molar-refractivity contribution in [3.63, 3.8) is 0 Å². The van der Waals surface area contributed by atoms with Crippen LogP contribution in [0.3, 0.4) is 0 Å². The van der Waals surface area contributed by atoms with E-state index < -0.39 is 0 Å². The molecule has 0 saturated heterocycles. The van der Waals surface area contributed by atoms with Crippen LogP contribution in [0.25, 0.3) is 0 Å². The smallest absolute Gasteiger partial charge is 0.151 e. The van der Waals surface area contributed by atoms with Gasteiger partial charge in [0.2, 0.25) is 0 Å². The summed E-state index contributed by atoms with van der Waals surface area (Å²) in [6.45, 7) is 2.00. The molecule has 0 atom stereocenters. The second-order valence-electron chi connectivity index (χ2n) is 2.05. The Morgan fingerprint density at radius 3 is 3.00 bits per heavy atom. The van der Waals surface area contributed by atoms with Crippen molar-refractivity contribution < 1.29 is 9.25 Å². The van der Waals surface area contributed by atoms with E-state index in [1.54, 1.807) is 6.26 Å². The topological polar surface area (TPSA) is 34.7 Å². The van der Waals surface area contributed by atoms with Gasteiger partial charge in [-0.05, 0) is 18.6 Å². The van der Waals surface area contributed by atoms with Crippen LogP contribution in [0.2, 0.25) is 0 Å². The summed E-state index contributed by atoms with van der Waals surface area (Å²) in [5, 5.41) is 3.81. The highest BCUT2D eigenvalue weighted by atomic mass is 16.6. The molecule has 3 heteroatoms. The molecule has 0 amide bonds. The summed E-state index contributed by atoms with van der Waals surface area (Å²) in [5.41, 5.74) is 0.831. The quantitative estimate of drug-likeness (QED) is 0.492. The third-order valence-electron chi connectivity index (χ3n) is 1.34. The first-order chi connectivity index (χ1) is 5.38. The lowest BCUT2D eigenvalue weighted by molar-refractivity contribution is 0.212. The van der Waals surface area contributed by atoms with Crippen LogP contribution in [-0.2, 0) is 4.84 Å². The van der Waals surface area contributed by atoms with Crippen LogP contribution in [0.1, 0.15) is 19.1 Å². The predicted octanol–water partition coefficient (Wildman–Crippen LogP) is 2.04.